The van der Waals surface area contributed by atoms with Crippen LogP contribution < -0.4 is 10.2 Å². The average Bonchev–Trinajstić information content (AvgIpc) is 3.17. The number of carbonyl (C=O) groups is 1. The van der Waals surface area contributed by atoms with E-state index >= 15 is 0 Å². The van der Waals surface area contributed by atoms with E-state index in [9.17, 15) is 13.2 Å². The number of sulfonamides is 1. The molecule has 2 aromatic rings. The zero-order chi connectivity index (χ0) is 19.6. The van der Waals surface area contributed by atoms with Crippen molar-refractivity contribution in [1.29, 1.82) is 0 Å². The molecule has 1 amide bonds. The van der Waals surface area contributed by atoms with Crippen LogP contribution in [0.1, 0.15) is 28.8 Å². The molecule has 1 aliphatic heterocycles. The molecule has 1 N–H and O–H groups in total. The van der Waals surface area contributed by atoms with Crippen molar-refractivity contribution in [3.05, 3.63) is 47.8 Å². The van der Waals surface area contributed by atoms with Crippen LogP contribution in [0.3, 0.4) is 0 Å². The number of benzene rings is 1. The summed E-state index contributed by atoms with van der Waals surface area (Å²) in [5, 5.41) is 2.86. The van der Waals surface area contributed by atoms with E-state index in [-0.39, 0.29) is 10.8 Å². The van der Waals surface area contributed by atoms with Gasteiger partial charge in [-0.25, -0.2) is 12.7 Å². The molecule has 1 aromatic carbocycles. The Kier molecular flexibility index (Phi) is 5.48. The van der Waals surface area contributed by atoms with Crippen molar-refractivity contribution in [2.24, 2.45) is 0 Å². The highest BCUT2D eigenvalue weighted by molar-refractivity contribution is 7.89. The second kappa shape index (κ2) is 7.66. The number of anilines is 2. The highest BCUT2D eigenvalue weighted by Crippen LogP contribution is 2.29. The number of hydrogen-bond donors (Lipinski definition) is 1. The monoisotopic (exact) mass is 388 g/mol. The molecule has 0 radical (unpaired) electrons. The van der Waals surface area contributed by atoms with Crippen molar-refractivity contribution >= 4 is 27.3 Å². The lowest BCUT2D eigenvalue weighted by molar-refractivity contribution is 0.102. The molecule has 144 valence electrons. The summed E-state index contributed by atoms with van der Waals surface area (Å²) < 4.78 is 26.2. The van der Waals surface area contributed by atoms with Crippen molar-refractivity contribution in [1.82, 2.24) is 9.29 Å². The lowest BCUT2D eigenvalue weighted by Gasteiger charge is -2.22. The molecule has 0 spiro atoms. The highest BCUT2D eigenvalue weighted by Gasteiger charge is 2.24. The van der Waals surface area contributed by atoms with Crippen LogP contribution in [-0.4, -0.2) is 50.8 Å². The molecule has 1 fully saturated rings. The minimum atomic E-state index is -3.63. The van der Waals surface area contributed by atoms with E-state index in [4.69, 9.17) is 0 Å². The molecule has 7 nitrogen and oxygen atoms in total. The van der Waals surface area contributed by atoms with E-state index in [1.54, 1.807) is 24.5 Å². The molecule has 0 saturated carbocycles. The van der Waals surface area contributed by atoms with Gasteiger partial charge in [-0.15, -0.1) is 0 Å². The van der Waals surface area contributed by atoms with Crippen molar-refractivity contribution in [2.75, 3.05) is 37.4 Å². The highest BCUT2D eigenvalue weighted by atomic mass is 32.2. The van der Waals surface area contributed by atoms with Gasteiger partial charge in [0.2, 0.25) is 10.0 Å². The van der Waals surface area contributed by atoms with E-state index < -0.39 is 10.0 Å². The Morgan fingerprint density at radius 1 is 1.19 bits per heavy atom. The Balaban J connectivity index is 2.04. The normalized spacial score (nSPS) is 14.6. The largest absolute Gasteiger partial charge is 0.371 e. The van der Waals surface area contributed by atoms with Gasteiger partial charge in [-0.1, -0.05) is 0 Å². The van der Waals surface area contributed by atoms with Gasteiger partial charge >= 0.3 is 0 Å². The van der Waals surface area contributed by atoms with Gasteiger partial charge in [-0.2, -0.15) is 0 Å². The van der Waals surface area contributed by atoms with Crippen molar-refractivity contribution in [2.45, 2.75) is 24.7 Å². The first-order chi connectivity index (χ1) is 12.8. The van der Waals surface area contributed by atoms with Crippen LogP contribution >= 0.6 is 0 Å². The number of aromatic nitrogens is 1. The average molecular weight is 388 g/mol. The van der Waals surface area contributed by atoms with Gasteiger partial charge in [0.25, 0.3) is 5.91 Å². The molecule has 0 atom stereocenters. The molecular weight excluding hydrogens is 364 g/mol. The number of pyridine rings is 1. The van der Waals surface area contributed by atoms with E-state index in [1.165, 1.54) is 20.2 Å². The third kappa shape index (κ3) is 3.96. The lowest BCUT2D eigenvalue weighted by Crippen LogP contribution is -2.25. The molecule has 1 aliphatic rings. The fraction of sp³-hybridized carbons (Fsp3) is 0.368. The van der Waals surface area contributed by atoms with Gasteiger partial charge < -0.3 is 10.2 Å². The first-order valence-corrected chi connectivity index (χ1v) is 10.3. The molecule has 0 aliphatic carbocycles. The molecule has 1 aromatic heterocycles. The topological polar surface area (TPSA) is 82.6 Å². The molecule has 0 unspecified atom stereocenters. The maximum Gasteiger partial charge on any atom is 0.257 e. The van der Waals surface area contributed by atoms with E-state index in [0.29, 0.717) is 11.3 Å². The lowest BCUT2D eigenvalue weighted by atomic mass is 10.1. The summed E-state index contributed by atoms with van der Waals surface area (Å²) in [7, 11) is -0.682. The van der Waals surface area contributed by atoms with Crippen LogP contribution in [0, 0.1) is 6.92 Å². The summed E-state index contributed by atoms with van der Waals surface area (Å²) in [6.45, 7) is 3.59. The number of hydrogen-bond acceptors (Lipinski definition) is 5. The van der Waals surface area contributed by atoms with E-state index in [1.807, 2.05) is 13.0 Å². The van der Waals surface area contributed by atoms with Gasteiger partial charge in [-0.05, 0) is 49.6 Å². The van der Waals surface area contributed by atoms with Gasteiger partial charge in [0, 0.05) is 39.1 Å². The van der Waals surface area contributed by atoms with Crippen LogP contribution in [-0.2, 0) is 10.0 Å². The molecule has 27 heavy (non-hydrogen) atoms. The summed E-state index contributed by atoms with van der Waals surface area (Å²) in [5.41, 5.74) is 2.60. The third-order valence-corrected chi connectivity index (χ3v) is 6.54. The Hall–Kier alpha value is -2.45. The van der Waals surface area contributed by atoms with Crippen molar-refractivity contribution in [3.8, 4) is 0 Å². The Morgan fingerprint density at radius 3 is 2.52 bits per heavy atom. The van der Waals surface area contributed by atoms with Crippen LogP contribution in [0.4, 0.5) is 11.4 Å². The first kappa shape index (κ1) is 19.3. The second-order valence-electron chi connectivity index (χ2n) is 6.81. The van der Waals surface area contributed by atoms with Gasteiger partial charge in [0.1, 0.15) is 0 Å². The van der Waals surface area contributed by atoms with Crippen LogP contribution in [0.2, 0.25) is 0 Å². The second-order valence-corrected chi connectivity index (χ2v) is 8.96. The molecule has 0 bridgehead atoms. The zero-order valence-electron chi connectivity index (χ0n) is 15.8. The summed E-state index contributed by atoms with van der Waals surface area (Å²) in [5.74, 6) is -0.344. The van der Waals surface area contributed by atoms with Crippen molar-refractivity contribution in [3.63, 3.8) is 0 Å². The molecule has 3 rings (SSSR count). The van der Waals surface area contributed by atoms with E-state index in [0.717, 1.165) is 41.5 Å². The van der Waals surface area contributed by atoms with Gasteiger partial charge in [-0.3, -0.25) is 9.78 Å². The number of aryl methyl sites for hydroxylation is 1. The standard InChI is InChI=1S/C19H24N4O3S/c1-14-8-9-20-13-17(14)21-19(24)16-12-15(27(25,26)22(2)3)6-7-18(16)23-10-4-5-11-23/h6-9,12-13H,4-5,10-11H2,1-3H3,(H,21,24). The predicted octanol–water partition coefficient (Wildman–Crippen LogP) is 2.49. The van der Waals surface area contributed by atoms with Crippen LogP contribution in [0.5, 0.6) is 0 Å². The predicted molar refractivity (Wildman–Crippen MR) is 106 cm³/mol. The minimum absolute atomic E-state index is 0.100. The Morgan fingerprint density at radius 2 is 1.89 bits per heavy atom. The number of nitrogens with zero attached hydrogens (tertiary/aromatic N) is 3. The molecule has 1 saturated heterocycles. The van der Waals surface area contributed by atoms with E-state index in [2.05, 4.69) is 15.2 Å². The maximum atomic E-state index is 13.0. The third-order valence-electron chi connectivity index (χ3n) is 4.73. The van der Waals surface area contributed by atoms with Crippen LogP contribution in [0.25, 0.3) is 0 Å². The van der Waals surface area contributed by atoms with Gasteiger partial charge in [0.15, 0.2) is 0 Å². The Labute approximate surface area is 160 Å². The quantitative estimate of drug-likeness (QED) is 0.851. The molecular formula is C19H24N4O3S. The molecule has 2 heterocycles. The fourth-order valence-electron chi connectivity index (χ4n) is 3.09. The zero-order valence-corrected chi connectivity index (χ0v) is 16.6. The summed E-state index contributed by atoms with van der Waals surface area (Å²) >= 11 is 0. The number of carbonyl (C=O) groups excluding carboxylic acids is 1. The summed E-state index contributed by atoms with van der Waals surface area (Å²) in [4.78, 5) is 19.3. The maximum absolute atomic E-state index is 13.0. The van der Waals surface area contributed by atoms with Gasteiger partial charge in [0.05, 0.1) is 22.3 Å². The number of nitrogens with one attached hydrogen (secondary N) is 1. The smallest absolute Gasteiger partial charge is 0.257 e. The summed E-state index contributed by atoms with van der Waals surface area (Å²) in [6, 6.07) is 6.57. The Bertz CT molecular complexity index is 951. The number of amides is 1. The minimum Gasteiger partial charge on any atom is -0.371 e. The summed E-state index contributed by atoms with van der Waals surface area (Å²) in [6.07, 6.45) is 5.36. The van der Waals surface area contributed by atoms with Crippen LogP contribution in [0.15, 0.2) is 41.6 Å². The fourth-order valence-corrected chi connectivity index (χ4v) is 4.02. The number of rotatable bonds is 5. The SMILES string of the molecule is Cc1ccncc1NC(=O)c1cc(S(=O)(=O)N(C)C)ccc1N1CCCC1. The molecule has 8 heteroatoms. The first-order valence-electron chi connectivity index (χ1n) is 8.84. The van der Waals surface area contributed by atoms with Crippen molar-refractivity contribution < 1.29 is 13.2 Å².